The third-order valence-electron chi connectivity index (χ3n) is 4.49. The molecule has 0 aromatic rings. The molecule has 0 saturated carbocycles. The van der Waals surface area contributed by atoms with Gasteiger partial charge < -0.3 is 10.5 Å². The summed E-state index contributed by atoms with van der Waals surface area (Å²) < 4.78 is 5.06. The highest BCUT2D eigenvalue weighted by molar-refractivity contribution is 5.90. The second-order valence-electron chi connectivity index (χ2n) is 6.69. The lowest BCUT2D eigenvalue weighted by atomic mass is 9.94. The van der Waals surface area contributed by atoms with Crippen LogP contribution in [-0.2, 0) is 14.3 Å². The van der Waals surface area contributed by atoms with Crippen LogP contribution in [-0.4, -0.2) is 43.0 Å². The number of unbranched alkanes of at least 4 members (excludes halogenated alkanes) is 6. The molecule has 5 heteroatoms. The molecule has 0 aliphatic rings. The Morgan fingerprint density at radius 2 is 1.57 bits per heavy atom. The molecule has 0 aliphatic carbocycles. The average Bonchev–Trinajstić information content (AvgIpc) is 2.51. The quantitative estimate of drug-likeness (QED) is 0.319. The molecule has 136 valence electrons. The van der Waals surface area contributed by atoms with Gasteiger partial charge in [0.05, 0.1) is 0 Å². The Morgan fingerprint density at radius 3 is 2.09 bits per heavy atom. The Morgan fingerprint density at radius 1 is 1.00 bits per heavy atom. The van der Waals surface area contributed by atoms with Crippen LogP contribution in [0.2, 0.25) is 0 Å². The minimum absolute atomic E-state index is 0.319. The summed E-state index contributed by atoms with van der Waals surface area (Å²) in [6.45, 7) is 4.51. The summed E-state index contributed by atoms with van der Waals surface area (Å²) in [5.74, 6) is -0.881. The largest absolute Gasteiger partial charge is 0.392 e. The van der Waals surface area contributed by atoms with Gasteiger partial charge in [0.15, 0.2) is 0 Å². The van der Waals surface area contributed by atoms with Crippen LogP contribution in [0, 0.1) is 0 Å². The van der Waals surface area contributed by atoms with E-state index in [0.717, 1.165) is 25.7 Å². The molecule has 0 aliphatic heterocycles. The molecule has 0 aromatic heterocycles. The summed E-state index contributed by atoms with van der Waals surface area (Å²) in [6.07, 6.45) is 9.58. The van der Waals surface area contributed by atoms with Crippen LogP contribution in [0.1, 0.15) is 78.1 Å². The third kappa shape index (κ3) is 9.06. The second-order valence-corrected chi connectivity index (χ2v) is 6.69. The Bertz CT molecular complexity index is 345. The summed E-state index contributed by atoms with van der Waals surface area (Å²) >= 11 is 0. The molecular formula is C18H36N2O3. The molecule has 1 unspecified atom stereocenters. The molecule has 23 heavy (non-hydrogen) atoms. The van der Waals surface area contributed by atoms with Gasteiger partial charge in [-0.3, -0.25) is 9.69 Å². The summed E-state index contributed by atoms with van der Waals surface area (Å²) in [4.78, 5) is 25.9. The molecule has 0 amide bonds. The maximum atomic E-state index is 12.3. The number of rotatable bonds is 13. The van der Waals surface area contributed by atoms with E-state index in [0.29, 0.717) is 19.4 Å². The molecule has 5 nitrogen and oxygen atoms in total. The van der Waals surface area contributed by atoms with Crippen molar-refractivity contribution in [1.82, 2.24) is 4.90 Å². The Kier molecular flexibility index (Phi) is 12.0. The van der Waals surface area contributed by atoms with Gasteiger partial charge in [0.2, 0.25) is 0 Å². The highest BCUT2D eigenvalue weighted by Gasteiger charge is 2.37. The molecule has 0 rings (SSSR count). The van der Waals surface area contributed by atoms with E-state index >= 15 is 0 Å². The summed E-state index contributed by atoms with van der Waals surface area (Å²) in [5.41, 5.74) is 4.73. The molecule has 0 fully saturated rings. The van der Waals surface area contributed by atoms with Crippen molar-refractivity contribution in [3.63, 3.8) is 0 Å². The van der Waals surface area contributed by atoms with Crippen molar-refractivity contribution >= 4 is 11.9 Å². The maximum absolute atomic E-state index is 12.3. The zero-order valence-electron chi connectivity index (χ0n) is 15.5. The first-order valence-electron chi connectivity index (χ1n) is 9.01. The van der Waals surface area contributed by atoms with Crippen molar-refractivity contribution in [1.29, 1.82) is 0 Å². The molecule has 0 heterocycles. The lowest BCUT2D eigenvalue weighted by molar-refractivity contribution is -0.167. The van der Waals surface area contributed by atoms with Crippen molar-refractivity contribution in [3.05, 3.63) is 0 Å². The number of carbonyl (C=O) groups excluding carboxylic acids is 2. The maximum Gasteiger partial charge on any atom is 0.333 e. The van der Waals surface area contributed by atoms with Gasteiger partial charge in [-0.25, -0.2) is 4.79 Å². The first-order chi connectivity index (χ1) is 10.9. The number of ether oxygens (including phenoxy) is 1. The van der Waals surface area contributed by atoms with E-state index in [1.165, 1.54) is 25.7 Å². The second kappa shape index (κ2) is 12.5. The SMILES string of the molecule is CCCCCCCCCC(=O)OC(=O)C(C)(CCCN)N(C)C. The fourth-order valence-corrected chi connectivity index (χ4v) is 2.45. The standard InChI is InChI=1S/C18H36N2O3/c1-5-6-7-8-9-10-11-13-16(21)23-17(22)18(2,20(3)4)14-12-15-19/h5-15,19H2,1-4H3. The van der Waals surface area contributed by atoms with Crippen molar-refractivity contribution in [2.45, 2.75) is 83.6 Å². The van der Waals surface area contributed by atoms with E-state index in [4.69, 9.17) is 10.5 Å². The van der Waals surface area contributed by atoms with Crippen LogP contribution in [0.5, 0.6) is 0 Å². The molecular weight excluding hydrogens is 292 g/mol. The van der Waals surface area contributed by atoms with Crippen LogP contribution < -0.4 is 5.73 Å². The molecule has 0 aromatic carbocycles. The number of nitrogens with two attached hydrogens (primary N) is 1. The van der Waals surface area contributed by atoms with E-state index < -0.39 is 17.5 Å². The summed E-state index contributed by atoms with van der Waals surface area (Å²) in [6, 6.07) is 0. The predicted octanol–water partition coefficient (Wildman–Crippen LogP) is 3.26. The summed E-state index contributed by atoms with van der Waals surface area (Å²) in [7, 11) is 3.64. The van der Waals surface area contributed by atoms with Gasteiger partial charge in [-0.1, -0.05) is 45.4 Å². The number of esters is 2. The molecule has 0 spiro atoms. The minimum atomic E-state index is -0.796. The zero-order chi connectivity index (χ0) is 17.7. The van der Waals surface area contributed by atoms with E-state index in [2.05, 4.69) is 6.92 Å². The van der Waals surface area contributed by atoms with E-state index in [9.17, 15) is 9.59 Å². The minimum Gasteiger partial charge on any atom is -0.392 e. The number of nitrogens with zero attached hydrogens (tertiary/aromatic N) is 1. The van der Waals surface area contributed by atoms with Gasteiger partial charge in [0.1, 0.15) is 5.54 Å². The monoisotopic (exact) mass is 328 g/mol. The van der Waals surface area contributed by atoms with E-state index in [-0.39, 0.29) is 0 Å². The van der Waals surface area contributed by atoms with Gasteiger partial charge in [-0.2, -0.15) is 0 Å². The highest BCUT2D eigenvalue weighted by atomic mass is 16.6. The number of hydrogen-bond donors (Lipinski definition) is 1. The molecule has 0 saturated heterocycles. The Balaban J connectivity index is 4.09. The first-order valence-corrected chi connectivity index (χ1v) is 9.01. The van der Waals surface area contributed by atoms with Crippen LogP contribution in [0.15, 0.2) is 0 Å². The molecule has 0 radical (unpaired) electrons. The molecule has 2 N–H and O–H groups in total. The van der Waals surface area contributed by atoms with Gasteiger partial charge in [-0.15, -0.1) is 0 Å². The summed E-state index contributed by atoms with van der Waals surface area (Å²) in [5, 5.41) is 0. The van der Waals surface area contributed by atoms with E-state index in [1.807, 2.05) is 14.1 Å². The Labute approximate surface area is 141 Å². The van der Waals surface area contributed by atoms with Gasteiger partial charge in [0.25, 0.3) is 0 Å². The first kappa shape index (κ1) is 22.1. The topological polar surface area (TPSA) is 72.6 Å². The van der Waals surface area contributed by atoms with Crippen LogP contribution in [0.3, 0.4) is 0 Å². The fraction of sp³-hybridized carbons (Fsp3) is 0.889. The number of likely N-dealkylation sites (N-methyl/N-ethyl adjacent to an activating group) is 1. The van der Waals surface area contributed by atoms with Gasteiger partial charge in [-0.05, 0) is 46.8 Å². The smallest absolute Gasteiger partial charge is 0.333 e. The third-order valence-corrected chi connectivity index (χ3v) is 4.49. The Hall–Kier alpha value is -0.940. The normalized spacial score (nSPS) is 13.8. The van der Waals surface area contributed by atoms with Crippen molar-refractivity contribution in [2.24, 2.45) is 5.73 Å². The van der Waals surface area contributed by atoms with Crippen LogP contribution in [0.25, 0.3) is 0 Å². The molecule has 1 atom stereocenters. The van der Waals surface area contributed by atoms with Gasteiger partial charge >= 0.3 is 11.9 Å². The van der Waals surface area contributed by atoms with Crippen LogP contribution in [0.4, 0.5) is 0 Å². The van der Waals surface area contributed by atoms with Crippen LogP contribution >= 0.6 is 0 Å². The fourth-order valence-electron chi connectivity index (χ4n) is 2.45. The number of carbonyl (C=O) groups is 2. The van der Waals surface area contributed by atoms with Gasteiger partial charge in [0, 0.05) is 6.42 Å². The van der Waals surface area contributed by atoms with Crippen molar-refractivity contribution in [2.75, 3.05) is 20.6 Å². The number of hydrogen-bond acceptors (Lipinski definition) is 5. The lowest BCUT2D eigenvalue weighted by Crippen LogP contribution is -2.50. The zero-order valence-corrected chi connectivity index (χ0v) is 15.5. The predicted molar refractivity (Wildman–Crippen MR) is 94.1 cm³/mol. The highest BCUT2D eigenvalue weighted by Crippen LogP contribution is 2.21. The molecule has 0 bridgehead atoms. The average molecular weight is 328 g/mol. The van der Waals surface area contributed by atoms with E-state index in [1.54, 1.807) is 11.8 Å². The lowest BCUT2D eigenvalue weighted by Gasteiger charge is -2.33. The van der Waals surface area contributed by atoms with Crippen molar-refractivity contribution < 1.29 is 14.3 Å². The van der Waals surface area contributed by atoms with Crippen molar-refractivity contribution in [3.8, 4) is 0 Å².